The predicted octanol–water partition coefficient (Wildman–Crippen LogP) is 3.67. The van der Waals surface area contributed by atoms with Crippen LogP contribution in [0.1, 0.15) is 19.8 Å². The van der Waals surface area contributed by atoms with E-state index in [2.05, 4.69) is 24.0 Å². The van der Waals surface area contributed by atoms with Crippen molar-refractivity contribution in [2.75, 3.05) is 18.0 Å². The lowest BCUT2D eigenvalue weighted by molar-refractivity contribution is 0.438. The molecule has 0 N–H and O–H groups in total. The summed E-state index contributed by atoms with van der Waals surface area (Å²) in [7, 11) is 0. The lowest BCUT2D eigenvalue weighted by atomic mass is 9.99. The molecule has 0 unspecified atom stereocenters. The van der Waals surface area contributed by atoms with Crippen molar-refractivity contribution in [3.8, 4) is 0 Å². The van der Waals surface area contributed by atoms with Crippen molar-refractivity contribution in [2.24, 2.45) is 5.92 Å². The van der Waals surface area contributed by atoms with E-state index in [9.17, 15) is 0 Å². The molecule has 2 heterocycles. The summed E-state index contributed by atoms with van der Waals surface area (Å²) in [4.78, 5) is 2.45. The molecule has 1 fully saturated rings. The Hall–Kier alpha value is -1.44. The first-order valence-corrected chi connectivity index (χ1v) is 6.06. The number of nitrogens with zero attached hydrogens (tertiary/aromatic N) is 1. The zero-order valence-corrected chi connectivity index (χ0v) is 9.65. The molecule has 0 amide bonds. The number of hydrogen-bond donors (Lipinski definition) is 0. The molecule has 0 atom stereocenters. The SMILES string of the molecule is CC1CCN(c2coc3ccccc23)CC1. The molecule has 16 heavy (non-hydrogen) atoms. The minimum Gasteiger partial charge on any atom is -0.462 e. The fourth-order valence-electron chi connectivity index (χ4n) is 2.46. The average molecular weight is 215 g/mol. The van der Waals surface area contributed by atoms with Gasteiger partial charge in [-0.3, -0.25) is 0 Å². The third-order valence-electron chi connectivity index (χ3n) is 3.58. The van der Waals surface area contributed by atoms with Crippen molar-refractivity contribution in [3.63, 3.8) is 0 Å². The molecule has 0 bridgehead atoms. The maximum atomic E-state index is 5.59. The van der Waals surface area contributed by atoms with E-state index in [0.29, 0.717) is 0 Å². The van der Waals surface area contributed by atoms with Gasteiger partial charge >= 0.3 is 0 Å². The van der Waals surface area contributed by atoms with Crippen molar-refractivity contribution in [2.45, 2.75) is 19.8 Å². The van der Waals surface area contributed by atoms with E-state index < -0.39 is 0 Å². The Morgan fingerprint density at radius 3 is 2.75 bits per heavy atom. The van der Waals surface area contributed by atoms with Gasteiger partial charge in [-0.2, -0.15) is 0 Å². The van der Waals surface area contributed by atoms with Crippen molar-refractivity contribution in [1.82, 2.24) is 0 Å². The number of anilines is 1. The number of para-hydroxylation sites is 1. The van der Waals surface area contributed by atoms with Crippen LogP contribution in [-0.2, 0) is 0 Å². The first kappa shape index (κ1) is 9.76. The normalized spacial score (nSPS) is 18.2. The zero-order valence-electron chi connectivity index (χ0n) is 9.65. The highest BCUT2D eigenvalue weighted by Gasteiger charge is 2.18. The predicted molar refractivity (Wildman–Crippen MR) is 66.8 cm³/mol. The quantitative estimate of drug-likeness (QED) is 0.721. The number of piperidine rings is 1. The molecule has 2 aromatic rings. The summed E-state index contributed by atoms with van der Waals surface area (Å²) in [5.41, 5.74) is 2.26. The summed E-state index contributed by atoms with van der Waals surface area (Å²) in [6, 6.07) is 8.28. The van der Waals surface area contributed by atoms with Gasteiger partial charge in [0.2, 0.25) is 0 Å². The molecule has 0 aliphatic carbocycles. The van der Waals surface area contributed by atoms with Crippen LogP contribution in [0.5, 0.6) is 0 Å². The summed E-state index contributed by atoms with van der Waals surface area (Å²) in [5, 5.41) is 1.25. The van der Waals surface area contributed by atoms with Gasteiger partial charge in [-0.25, -0.2) is 0 Å². The van der Waals surface area contributed by atoms with Gasteiger partial charge in [0, 0.05) is 18.5 Å². The Morgan fingerprint density at radius 1 is 1.19 bits per heavy atom. The van der Waals surface area contributed by atoms with E-state index in [4.69, 9.17) is 4.42 Å². The Morgan fingerprint density at radius 2 is 1.94 bits per heavy atom. The maximum absolute atomic E-state index is 5.59. The third-order valence-corrected chi connectivity index (χ3v) is 3.58. The van der Waals surface area contributed by atoms with E-state index in [0.717, 1.165) is 24.6 Å². The summed E-state index contributed by atoms with van der Waals surface area (Å²) < 4.78 is 5.59. The molecule has 84 valence electrons. The van der Waals surface area contributed by atoms with Gasteiger partial charge in [-0.05, 0) is 30.9 Å². The monoisotopic (exact) mass is 215 g/mol. The van der Waals surface area contributed by atoms with Crippen LogP contribution < -0.4 is 4.90 Å². The maximum Gasteiger partial charge on any atom is 0.136 e. The van der Waals surface area contributed by atoms with Crippen LogP contribution in [0.3, 0.4) is 0 Å². The number of hydrogen-bond acceptors (Lipinski definition) is 2. The standard InChI is InChI=1S/C14H17NO/c1-11-6-8-15(9-7-11)13-10-16-14-5-3-2-4-12(13)14/h2-5,10-11H,6-9H2,1H3. The highest BCUT2D eigenvalue weighted by atomic mass is 16.3. The smallest absolute Gasteiger partial charge is 0.136 e. The number of benzene rings is 1. The second-order valence-corrected chi connectivity index (χ2v) is 4.79. The lowest BCUT2D eigenvalue weighted by Crippen LogP contribution is -2.32. The van der Waals surface area contributed by atoms with Crippen molar-refractivity contribution < 1.29 is 4.42 Å². The van der Waals surface area contributed by atoms with Crippen LogP contribution in [-0.4, -0.2) is 13.1 Å². The minimum atomic E-state index is 0.870. The molecule has 3 rings (SSSR count). The number of furan rings is 1. The molecule has 2 nitrogen and oxygen atoms in total. The van der Waals surface area contributed by atoms with E-state index >= 15 is 0 Å². The highest BCUT2D eigenvalue weighted by Crippen LogP contribution is 2.31. The molecule has 1 aromatic carbocycles. The summed E-state index contributed by atoms with van der Waals surface area (Å²) >= 11 is 0. The Bertz CT molecular complexity index is 480. The first-order valence-electron chi connectivity index (χ1n) is 6.06. The van der Waals surface area contributed by atoms with Crippen LogP contribution in [0.4, 0.5) is 5.69 Å². The van der Waals surface area contributed by atoms with Crippen LogP contribution in [0.25, 0.3) is 11.0 Å². The fourth-order valence-corrected chi connectivity index (χ4v) is 2.46. The van der Waals surface area contributed by atoms with Gasteiger partial charge in [0.25, 0.3) is 0 Å². The second kappa shape index (κ2) is 3.85. The molecular weight excluding hydrogens is 198 g/mol. The van der Waals surface area contributed by atoms with Gasteiger partial charge in [0.1, 0.15) is 11.8 Å². The third kappa shape index (κ3) is 1.58. The van der Waals surface area contributed by atoms with Crippen molar-refractivity contribution in [1.29, 1.82) is 0 Å². The Balaban J connectivity index is 1.94. The Kier molecular flexibility index (Phi) is 2.35. The summed E-state index contributed by atoms with van der Waals surface area (Å²) in [5.74, 6) is 0.870. The van der Waals surface area contributed by atoms with E-state index in [1.165, 1.54) is 23.9 Å². The van der Waals surface area contributed by atoms with Crippen LogP contribution in [0, 0.1) is 5.92 Å². The fraction of sp³-hybridized carbons (Fsp3) is 0.429. The van der Waals surface area contributed by atoms with Gasteiger partial charge in [-0.1, -0.05) is 19.1 Å². The molecule has 0 radical (unpaired) electrons. The zero-order chi connectivity index (χ0) is 11.0. The molecular formula is C14H17NO. The van der Waals surface area contributed by atoms with Gasteiger partial charge in [0.15, 0.2) is 0 Å². The molecule has 1 aliphatic heterocycles. The second-order valence-electron chi connectivity index (χ2n) is 4.79. The molecule has 0 saturated carbocycles. The lowest BCUT2D eigenvalue weighted by Gasteiger charge is -2.31. The molecule has 0 spiro atoms. The average Bonchev–Trinajstić information content (AvgIpc) is 2.74. The van der Waals surface area contributed by atoms with Crippen LogP contribution >= 0.6 is 0 Å². The topological polar surface area (TPSA) is 16.4 Å². The summed E-state index contributed by atoms with van der Waals surface area (Å²) in [6.45, 7) is 4.65. The van der Waals surface area contributed by atoms with Crippen molar-refractivity contribution in [3.05, 3.63) is 30.5 Å². The van der Waals surface area contributed by atoms with Crippen LogP contribution in [0.15, 0.2) is 34.9 Å². The highest BCUT2D eigenvalue weighted by molar-refractivity contribution is 5.90. The molecule has 1 saturated heterocycles. The number of fused-ring (bicyclic) bond motifs is 1. The molecule has 1 aromatic heterocycles. The van der Waals surface area contributed by atoms with Gasteiger partial charge < -0.3 is 9.32 Å². The molecule has 1 aliphatic rings. The van der Waals surface area contributed by atoms with E-state index in [1.807, 2.05) is 18.4 Å². The minimum absolute atomic E-state index is 0.870. The van der Waals surface area contributed by atoms with E-state index in [1.54, 1.807) is 0 Å². The number of rotatable bonds is 1. The Labute approximate surface area is 95.9 Å². The van der Waals surface area contributed by atoms with Gasteiger partial charge in [-0.15, -0.1) is 0 Å². The largest absolute Gasteiger partial charge is 0.462 e. The van der Waals surface area contributed by atoms with Crippen molar-refractivity contribution >= 4 is 16.7 Å². The molecule has 2 heteroatoms. The summed E-state index contributed by atoms with van der Waals surface area (Å²) in [6.07, 6.45) is 4.49. The van der Waals surface area contributed by atoms with Crippen LogP contribution in [0.2, 0.25) is 0 Å². The van der Waals surface area contributed by atoms with Gasteiger partial charge in [0.05, 0.1) is 5.69 Å². The first-order chi connectivity index (χ1) is 7.84. The van der Waals surface area contributed by atoms with E-state index in [-0.39, 0.29) is 0 Å².